The summed E-state index contributed by atoms with van der Waals surface area (Å²) in [5, 5.41) is 28.5. The lowest BCUT2D eigenvalue weighted by Crippen LogP contribution is -2.19. The molecule has 0 heterocycles. The molecule has 0 aliphatic heterocycles. The van der Waals surface area contributed by atoms with E-state index in [0.717, 1.165) is 0 Å². The minimum Gasteiger partial charge on any atom is -0.493 e. The first-order chi connectivity index (χ1) is 9.08. The molecule has 2 atom stereocenters. The van der Waals surface area contributed by atoms with Crippen LogP contribution in [0.15, 0.2) is 12.1 Å². The highest BCUT2D eigenvalue weighted by molar-refractivity contribution is 5.54. The molecular formula is C13H20O6. The van der Waals surface area contributed by atoms with Crippen LogP contribution in [0.1, 0.15) is 18.1 Å². The second-order valence-electron chi connectivity index (χ2n) is 3.98. The molecule has 6 nitrogen and oxygen atoms in total. The summed E-state index contributed by atoms with van der Waals surface area (Å²) < 4.78 is 15.5. The molecule has 3 N–H and O–H groups in total. The van der Waals surface area contributed by atoms with Gasteiger partial charge in [-0.15, -0.1) is 0 Å². The van der Waals surface area contributed by atoms with Crippen molar-refractivity contribution < 1.29 is 29.5 Å². The van der Waals surface area contributed by atoms with E-state index in [9.17, 15) is 10.2 Å². The molecule has 2 unspecified atom stereocenters. The van der Waals surface area contributed by atoms with Gasteiger partial charge in [-0.2, -0.15) is 0 Å². The fourth-order valence-corrected chi connectivity index (χ4v) is 1.78. The van der Waals surface area contributed by atoms with Gasteiger partial charge in [-0.25, -0.2) is 0 Å². The van der Waals surface area contributed by atoms with E-state index in [2.05, 4.69) is 0 Å². The van der Waals surface area contributed by atoms with E-state index < -0.39 is 12.2 Å². The van der Waals surface area contributed by atoms with Crippen molar-refractivity contribution in [3.05, 3.63) is 17.7 Å². The summed E-state index contributed by atoms with van der Waals surface area (Å²) in [6.07, 6.45) is -2.12. The van der Waals surface area contributed by atoms with Crippen molar-refractivity contribution in [1.82, 2.24) is 0 Å². The summed E-state index contributed by atoms with van der Waals surface area (Å²) >= 11 is 0. The van der Waals surface area contributed by atoms with Crippen LogP contribution in [-0.4, -0.2) is 49.4 Å². The molecule has 0 radical (unpaired) electrons. The van der Waals surface area contributed by atoms with Crippen LogP contribution in [-0.2, 0) is 0 Å². The van der Waals surface area contributed by atoms with Gasteiger partial charge in [-0.3, -0.25) is 0 Å². The number of hydrogen-bond acceptors (Lipinski definition) is 6. The maximum absolute atomic E-state index is 10.0. The van der Waals surface area contributed by atoms with E-state index in [1.807, 2.05) is 0 Å². The summed E-state index contributed by atoms with van der Waals surface area (Å²) in [5.41, 5.74) is 0.426. The van der Waals surface area contributed by atoms with Gasteiger partial charge in [0.1, 0.15) is 6.10 Å². The highest BCUT2D eigenvalue weighted by atomic mass is 16.5. The van der Waals surface area contributed by atoms with Crippen LogP contribution in [0.5, 0.6) is 17.2 Å². The molecule has 0 saturated heterocycles. The maximum Gasteiger partial charge on any atom is 0.203 e. The molecule has 0 aliphatic carbocycles. The van der Waals surface area contributed by atoms with Gasteiger partial charge in [0.05, 0.1) is 27.4 Å². The number of aliphatic hydroxyl groups excluding tert-OH is 3. The Kier molecular flexibility index (Phi) is 5.88. The highest BCUT2D eigenvalue weighted by Gasteiger charge is 2.22. The van der Waals surface area contributed by atoms with Crippen LogP contribution in [0.3, 0.4) is 0 Å². The first-order valence-electron chi connectivity index (χ1n) is 5.85. The topological polar surface area (TPSA) is 88.4 Å². The fourth-order valence-electron chi connectivity index (χ4n) is 1.78. The van der Waals surface area contributed by atoms with E-state index in [1.54, 1.807) is 12.1 Å². The molecule has 1 rings (SSSR count). The highest BCUT2D eigenvalue weighted by Crippen LogP contribution is 2.40. The summed E-state index contributed by atoms with van der Waals surface area (Å²) in [4.78, 5) is 0. The largest absolute Gasteiger partial charge is 0.493 e. The Hall–Kier alpha value is -1.50. The van der Waals surface area contributed by atoms with Crippen LogP contribution in [0, 0.1) is 0 Å². The average Bonchev–Trinajstić information content (AvgIpc) is 2.44. The summed E-state index contributed by atoms with van der Waals surface area (Å²) in [6.45, 7) is -0.206. The molecule has 6 heteroatoms. The molecule has 0 bridgehead atoms. The Morgan fingerprint density at radius 3 is 1.89 bits per heavy atom. The molecule has 1 aromatic carbocycles. The lowest BCUT2D eigenvalue weighted by atomic mass is 10.0. The number of ether oxygens (including phenoxy) is 3. The lowest BCUT2D eigenvalue weighted by molar-refractivity contribution is 0.00400. The molecule has 108 valence electrons. The van der Waals surface area contributed by atoms with Crippen molar-refractivity contribution in [3.8, 4) is 17.2 Å². The van der Waals surface area contributed by atoms with E-state index >= 15 is 0 Å². The fraction of sp³-hybridized carbons (Fsp3) is 0.538. The SMILES string of the molecule is COc1cc(C(O)C(O)CCO)cc(OC)c1OC. The monoisotopic (exact) mass is 272 g/mol. The van der Waals surface area contributed by atoms with Crippen molar-refractivity contribution >= 4 is 0 Å². The Bertz CT molecular complexity index is 381. The van der Waals surface area contributed by atoms with Crippen LogP contribution in [0.25, 0.3) is 0 Å². The van der Waals surface area contributed by atoms with Crippen LogP contribution in [0.2, 0.25) is 0 Å². The van der Waals surface area contributed by atoms with Gasteiger partial charge >= 0.3 is 0 Å². The summed E-state index contributed by atoms with van der Waals surface area (Å²) in [7, 11) is 4.42. The molecule has 0 spiro atoms. The Balaban J connectivity index is 3.15. The predicted molar refractivity (Wildman–Crippen MR) is 68.8 cm³/mol. The summed E-state index contributed by atoms with van der Waals surface area (Å²) in [6, 6.07) is 3.12. The van der Waals surface area contributed by atoms with Gasteiger partial charge in [-0.1, -0.05) is 0 Å². The summed E-state index contributed by atoms with van der Waals surface area (Å²) in [5.74, 6) is 1.21. The number of hydrogen-bond donors (Lipinski definition) is 3. The standard InChI is InChI=1S/C13H20O6/c1-17-10-6-8(12(16)9(15)4-5-14)7-11(18-2)13(10)19-3/h6-7,9,12,14-16H,4-5H2,1-3H3. The van der Waals surface area contributed by atoms with Crippen molar-refractivity contribution in [2.24, 2.45) is 0 Å². The van der Waals surface area contributed by atoms with Gasteiger partial charge in [0.15, 0.2) is 11.5 Å². The second kappa shape index (κ2) is 7.18. The van der Waals surface area contributed by atoms with Crippen LogP contribution < -0.4 is 14.2 Å². The number of benzene rings is 1. The zero-order valence-corrected chi connectivity index (χ0v) is 11.3. The van der Waals surface area contributed by atoms with Crippen LogP contribution in [0.4, 0.5) is 0 Å². The Morgan fingerprint density at radius 1 is 1.00 bits per heavy atom. The molecule has 0 saturated carbocycles. The van der Waals surface area contributed by atoms with Crippen molar-refractivity contribution in [3.63, 3.8) is 0 Å². The van der Waals surface area contributed by atoms with Crippen molar-refractivity contribution in [2.45, 2.75) is 18.6 Å². The van der Waals surface area contributed by atoms with E-state index in [1.165, 1.54) is 21.3 Å². The zero-order chi connectivity index (χ0) is 14.4. The number of aliphatic hydroxyl groups is 3. The van der Waals surface area contributed by atoms with Crippen molar-refractivity contribution in [2.75, 3.05) is 27.9 Å². The molecular weight excluding hydrogens is 252 g/mol. The van der Waals surface area contributed by atoms with E-state index in [0.29, 0.717) is 22.8 Å². The van der Waals surface area contributed by atoms with Crippen LogP contribution >= 0.6 is 0 Å². The van der Waals surface area contributed by atoms with Gasteiger partial charge in [-0.05, 0) is 24.1 Å². The van der Waals surface area contributed by atoms with Gasteiger partial charge in [0.2, 0.25) is 5.75 Å². The zero-order valence-electron chi connectivity index (χ0n) is 11.3. The predicted octanol–water partition coefficient (Wildman–Crippen LogP) is 0.489. The van der Waals surface area contributed by atoms with E-state index in [-0.39, 0.29) is 13.0 Å². The Labute approximate surface area is 112 Å². The average molecular weight is 272 g/mol. The molecule has 0 fully saturated rings. The lowest BCUT2D eigenvalue weighted by Gasteiger charge is -2.20. The third-order valence-electron chi connectivity index (χ3n) is 2.82. The van der Waals surface area contributed by atoms with Crippen molar-refractivity contribution in [1.29, 1.82) is 0 Å². The molecule has 0 aromatic heterocycles. The number of rotatable bonds is 7. The molecule has 19 heavy (non-hydrogen) atoms. The molecule has 0 amide bonds. The molecule has 1 aromatic rings. The molecule has 0 aliphatic rings. The first kappa shape index (κ1) is 15.6. The van der Waals surface area contributed by atoms with Gasteiger partial charge < -0.3 is 29.5 Å². The first-order valence-corrected chi connectivity index (χ1v) is 5.85. The number of methoxy groups -OCH3 is 3. The Morgan fingerprint density at radius 2 is 1.53 bits per heavy atom. The third kappa shape index (κ3) is 3.50. The normalized spacial score (nSPS) is 13.8. The minimum absolute atomic E-state index is 0.0812. The van der Waals surface area contributed by atoms with E-state index in [4.69, 9.17) is 19.3 Å². The minimum atomic E-state index is -1.14. The van der Waals surface area contributed by atoms with Gasteiger partial charge in [0.25, 0.3) is 0 Å². The quantitative estimate of drug-likeness (QED) is 0.669. The smallest absolute Gasteiger partial charge is 0.203 e. The third-order valence-corrected chi connectivity index (χ3v) is 2.82. The second-order valence-corrected chi connectivity index (χ2v) is 3.98. The van der Waals surface area contributed by atoms with Gasteiger partial charge in [0, 0.05) is 6.61 Å². The maximum atomic E-state index is 10.0.